The molecule has 35 N–H and O–H groups in total. The van der Waals surface area contributed by atoms with Gasteiger partial charge in [-0.3, -0.25) is 76.7 Å². The number of esters is 6. The van der Waals surface area contributed by atoms with Gasteiger partial charge < -0.3 is 151 Å². The van der Waals surface area contributed by atoms with Crippen LogP contribution < -0.4 is 97.9 Å². The van der Waals surface area contributed by atoms with Crippen LogP contribution in [0.15, 0.2) is 59.6 Å². The smallest absolute Gasteiger partial charge is 0.342 e. The van der Waals surface area contributed by atoms with Gasteiger partial charge in [0.2, 0.25) is 24.8 Å². The first kappa shape index (κ1) is 120. The second-order valence-corrected chi connectivity index (χ2v) is 36.7. The Bertz CT molecular complexity index is 4310. The van der Waals surface area contributed by atoms with Gasteiger partial charge in [-0.15, -0.1) is 0 Å². The van der Waals surface area contributed by atoms with Crippen molar-refractivity contribution in [3.63, 3.8) is 0 Å². The number of aromatic hydroxyl groups is 2. The number of ether oxygens (including phenoxy) is 8. The number of phenols is 2. The highest BCUT2D eigenvalue weighted by Crippen LogP contribution is 2.58. The number of carbonyl (C=O) groups excluding carboxylic acids is 6. The summed E-state index contributed by atoms with van der Waals surface area (Å²) in [5.41, 5.74) is 46.4. The fraction of sp³-hybridized carbons (Fsp3) is 0.656. The molecule has 143 heavy (non-hydrogen) atoms. The van der Waals surface area contributed by atoms with E-state index in [-0.39, 0.29) is 115 Å². The number of benzene rings is 3. The third-order valence-corrected chi connectivity index (χ3v) is 24.8. The second-order valence-electron chi connectivity index (χ2n) is 36.0. The molecule has 46 nitrogen and oxygen atoms in total. The average molecular weight is 2030 g/mol. The van der Waals surface area contributed by atoms with E-state index in [1.54, 1.807) is 35.9 Å². The second kappa shape index (κ2) is 69.7. The first-order valence-corrected chi connectivity index (χ1v) is 51.6. The van der Waals surface area contributed by atoms with E-state index in [1.165, 1.54) is 36.2 Å². The highest BCUT2D eigenvalue weighted by Gasteiger charge is 2.57. The third-order valence-electron chi connectivity index (χ3n) is 24.2. The topological polar surface area (TPSA) is 749 Å². The van der Waals surface area contributed by atoms with E-state index < -0.39 is 72.3 Å². The lowest BCUT2D eigenvalue weighted by atomic mass is 9.77. The number of aliphatic imine (C=N–C) groups is 1. The number of hydrogen-bond donors (Lipinski definition) is 27. The minimum Gasteiger partial charge on any atom is -0.508 e. The fourth-order valence-corrected chi connectivity index (χ4v) is 17.6. The molecule has 0 aromatic heterocycles. The molecule has 3 aromatic rings. The van der Waals surface area contributed by atoms with Gasteiger partial charge in [0.05, 0.1) is 16.8 Å². The third kappa shape index (κ3) is 49.6. The predicted molar refractivity (Wildman–Crippen MR) is 554 cm³/mol. The van der Waals surface area contributed by atoms with E-state index >= 15 is 0 Å². The summed E-state index contributed by atoms with van der Waals surface area (Å²) in [5, 5.41) is 104. The molecule has 0 radical (unpaired) electrons. The maximum absolute atomic E-state index is 14.8. The van der Waals surface area contributed by atoms with E-state index in [1.807, 2.05) is 0 Å². The van der Waals surface area contributed by atoms with Crippen molar-refractivity contribution in [2.75, 3.05) is 137 Å². The fourth-order valence-electron chi connectivity index (χ4n) is 17.1. The molecule has 5 atom stereocenters. The lowest BCUT2D eigenvalue weighted by molar-refractivity contribution is -0.338. The summed E-state index contributed by atoms with van der Waals surface area (Å²) >= 11 is 1.17. The molecule has 47 heteroatoms. The first-order valence-electron chi connectivity index (χ1n) is 50.7. The number of fused-ring (bicyclic) bond motifs is 6. The Morgan fingerprint density at radius 2 is 0.622 bits per heavy atom. The number of unbranched alkanes of at least 4 members (excludes halogenated alkanes) is 18. The van der Waals surface area contributed by atoms with Crippen LogP contribution in [0.25, 0.3) is 0 Å². The van der Waals surface area contributed by atoms with Gasteiger partial charge in [0.1, 0.15) is 23.0 Å². The quantitative estimate of drug-likeness (QED) is 0.00748. The van der Waals surface area contributed by atoms with Gasteiger partial charge >= 0.3 is 35.8 Å². The minimum absolute atomic E-state index is 0.0777. The van der Waals surface area contributed by atoms with E-state index in [2.05, 4.69) is 71.8 Å². The molecule has 1 fully saturated rings. The van der Waals surface area contributed by atoms with Crippen LogP contribution in [0, 0.1) is 43.3 Å². The molecule has 3 heterocycles. The van der Waals surface area contributed by atoms with Gasteiger partial charge in [-0.2, -0.15) is 0 Å². The SMILES string of the molecule is N=C(N)NCCCN(CCCCCCCC(=O)OC1OC(OC(=O)CCCCCNSC=Nc2cccc3c2C(=O)OC32c3ccc(O)cc3Oc3cc(O)ccc32)C(OC(=O)CCCCCCCN(CCCNC(=N)N)CCCNC(=N)N)C(OC(=O)CCCCCCCN(CCCNC(=N)N)CCCNC(=N)N)C1OC(=O)CCCCCCCN(CCCNC(=N)N)CCCNC(=N)N)CCCNC(=N)N. The normalized spacial score (nSPS) is 15.4. The predicted octanol–water partition coefficient (Wildman–Crippen LogP) is 6.18. The van der Waals surface area contributed by atoms with Crippen molar-refractivity contribution in [2.45, 2.75) is 268 Å². The van der Waals surface area contributed by atoms with Gasteiger partial charge in [0, 0.05) is 120 Å². The van der Waals surface area contributed by atoms with Gasteiger partial charge in [-0.05, 0) is 236 Å². The lowest BCUT2D eigenvalue weighted by Gasteiger charge is -2.43. The zero-order valence-corrected chi connectivity index (χ0v) is 84.2. The Morgan fingerprint density at radius 3 is 0.930 bits per heavy atom. The van der Waals surface area contributed by atoms with Crippen molar-refractivity contribution in [1.29, 1.82) is 43.3 Å². The molecular weight excluding hydrogens is 1860 g/mol. The van der Waals surface area contributed by atoms with Crippen molar-refractivity contribution in [1.82, 2.24) is 66.9 Å². The number of carbonyl (C=O) groups is 6. The van der Waals surface area contributed by atoms with E-state index in [4.69, 9.17) is 127 Å². The van der Waals surface area contributed by atoms with Crippen molar-refractivity contribution >= 4 is 107 Å². The minimum atomic E-state index is -1.89. The molecule has 0 bridgehead atoms. The molecule has 0 aliphatic carbocycles. The van der Waals surface area contributed by atoms with Crippen LogP contribution in [-0.4, -0.2) is 287 Å². The summed E-state index contributed by atoms with van der Waals surface area (Å²) in [6, 6.07) is 14.2. The van der Waals surface area contributed by atoms with Crippen LogP contribution in [0.4, 0.5) is 5.69 Å². The molecule has 3 aromatic carbocycles. The molecule has 3 aliphatic heterocycles. The maximum atomic E-state index is 14.8. The van der Waals surface area contributed by atoms with Crippen LogP contribution in [0.5, 0.6) is 23.0 Å². The van der Waals surface area contributed by atoms with Crippen LogP contribution in [-0.2, 0) is 62.7 Å². The Morgan fingerprint density at radius 1 is 0.350 bits per heavy atom. The molecule has 5 unspecified atom stereocenters. The molecule has 0 saturated carbocycles. The first-order chi connectivity index (χ1) is 68.9. The molecular formula is C96H164N30O16S. The van der Waals surface area contributed by atoms with Gasteiger partial charge in [-0.1, -0.05) is 95.6 Å². The van der Waals surface area contributed by atoms with Crippen LogP contribution in [0.2, 0.25) is 0 Å². The average Bonchev–Trinajstić information content (AvgIpc) is 1.54. The van der Waals surface area contributed by atoms with E-state index in [0.717, 1.165) is 207 Å². The van der Waals surface area contributed by atoms with E-state index in [9.17, 15) is 39.0 Å². The summed E-state index contributed by atoms with van der Waals surface area (Å²) in [4.78, 5) is 101. The van der Waals surface area contributed by atoms with E-state index in [0.29, 0.717) is 145 Å². The van der Waals surface area contributed by atoms with Crippen LogP contribution in [0.1, 0.15) is 258 Å². The molecule has 800 valence electrons. The number of phenolic OH excluding ortho intramolecular Hbond substituents is 2. The Kier molecular flexibility index (Phi) is 58.2. The van der Waals surface area contributed by atoms with Crippen molar-refractivity contribution in [3.8, 4) is 23.0 Å². The van der Waals surface area contributed by atoms with Gasteiger partial charge in [0.25, 0.3) is 0 Å². The molecule has 0 amide bonds. The van der Waals surface area contributed by atoms with Gasteiger partial charge in [-0.25, -0.2) is 9.79 Å². The van der Waals surface area contributed by atoms with Crippen molar-refractivity contribution < 1.29 is 76.9 Å². The molecule has 1 spiro atoms. The Hall–Kier alpha value is -12.2. The maximum Gasteiger partial charge on any atom is 0.342 e. The van der Waals surface area contributed by atoms with Crippen LogP contribution >= 0.6 is 11.9 Å². The summed E-state index contributed by atoms with van der Waals surface area (Å²) in [7, 11) is 0. The number of nitrogens with zero attached hydrogens (tertiary/aromatic N) is 5. The summed E-state index contributed by atoms with van der Waals surface area (Å²) in [6.45, 7) is 13.7. The number of guanidine groups is 8. The van der Waals surface area contributed by atoms with Gasteiger partial charge in [0.15, 0.2) is 59.4 Å². The number of nitrogens with one attached hydrogen (secondary N) is 17. The largest absolute Gasteiger partial charge is 0.508 e. The summed E-state index contributed by atoms with van der Waals surface area (Å²) in [5.74, 6) is -5.04. The number of nitrogens with two attached hydrogens (primary N) is 8. The zero-order chi connectivity index (χ0) is 104. The van der Waals surface area contributed by atoms with Crippen molar-refractivity contribution in [3.05, 3.63) is 76.9 Å². The zero-order valence-electron chi connectivity index (χ0n) is 83.3. The monoisotopic (exact) mass is 2030 g/mol. The summed E-state index contributed by atoms with van der Waals surface area (Å²) in [6.07, 6.45) is 11.0. The Balaban J connectivity index is 1.25. The standard InChI is InChI=1S/C96H164N30O16S/c97-88(98)113-44-25-57-123(58-26-45-114-89(99)100)53-20-9-1-5-14-35-76(129)136-82-83(137-77(130)36-15-6-2-10-21-54-124(59-27-46-115-90(101)102)60-28-47-116-91(103)104)86(139-79(132)38-17-8-4-12-23-56-126(63-31-50-119-94(109)110)64-32-51-120-95(111)112)141-87(84(82)138-78(131)37-16-7-3-11-22-55-125(61-29-48-117-92(105)106)62-30-49-118-93(107)108)140-80(133)39-18-13-19-52-122-143-67-121-73-34-24-33-72-81(73)85(134)142-96(72)70-42-40-68(127)65-74(70)135-75-66-69(128)41-43-71(75)96/h24,33-34,40-43,65-67,82-84,86-87,122,127-128H,1-23,25-32,35-39,44-64H2,(H4,97,98,113)(H4,99,100,114)(H4,101,102,115)(H4,103,104,116)(H4,105,106,117)(H4,107,108,118)(H4,109,110,119)(H4,111,112,120). The molecule has 3 aliphatic rings. The Labute approximate surface area is 845 Å². The summed E-state index contributed by atoms with van der Waals surface area (Å²) < 4.78 is 53.9. The van der Waals surface area contributed by atoms with Crippen LogP contribution in [0.3, 0.4) is 0 Å². The molecule has 1 saturated heterocycles. The number of hydrogen-bond acceptors (Lipinski definition) is 31. The lowest BCUT2D eigenvalue weighted by Crippen LogP contribution is -2.63. The van der Waals surface area contributed by atoms with Crippen molar-refractivity contribution in [2.24, 2.45) is 50.9 Å². The number of rotatable bonds is 78. The molecule has 6 rings (SSSR count). The highest BCUT2D eigenvalue weighted by atomic mass is 32.2. The highest BCUT2D eigenvalue weighted by molar-refractivity contribution is 8.10.